The maximum absolute atomic E-state index is 14.3. The number of hydrogen-bond donors (Lipinski definition) is 0. The number of benzene rings is 1. The fraction of sp³-hybridized carbons (Fsp3) is 0.0500. The lowest BCUT2D eigenvalue weighted by Gasteiger charge is -2.11. The van der Waals surface area contributed by atoms with Gasteiger partial charge in [-0.3, -0.25) is 4.98 Å². The van der Waals surface area contributed by atoms with E-state index in [4.69, 9.17) is 0 Å². The second-order valence-corrected chi connectivity index (χ2v) is 5.85. The lowest BCUT2D eigenvalue weighted by molar-refractivity contribution is -0.141. The highest BCUT2D eigenvalue weighted by Crippen LogP contribution is 2.34. The van der Waals surface area contributed by atoms with Crippen LogP contribution >= 0.6 is 0 Å². The highest BCUT2D eigenvalue weighted by Gasteiger charge is 2.32. The molecule has 3 aromatic heterocycles. The average Bonchev–Trinajstić information content (AvgIpc) is 2.67. The van der Waals surface area contributed by atoms with Gasteiger partial charge in [0.05, 0.1) is 0 Å². The third-order valence-electron chi connectivity index (χ3n) is 4.16. The molecule has 3 heterocycles. The first kappa shape index (κ1) is 17.1. The molecule has 0 aliphatic carbocycles. The Morgan fingerprint density at radius 3 is 2.26 bits per heavy atom. The number of aromatic nitrogens is 3. The summed E-state index contributed by atoms with van der Waals surface area (Å²) in [7, 11) is 0. The molecule has 0 aliphatic rings. The van der Waals surface area contributed by atoms with Crippen LogP contribution in [0.2, 0.25) is 0 Å². The average molecular weight is 369 g/mol. The van der Waals surface area contributed by atoms with Gasteiger partial charge in [-0.1, -0.05) is 6.07 Å². The monoisotopic (exact) mass is 369 g/mol. The predicted octanol–water partition coefficient (Wildman–Crippen LogP) is 5.52. The van der Waals surface area contributed by atoms with E-state index in [0.29, 0.717) is 27.6 Å². The second-order valence-electron chi connectivity index (χ2n) is 5.85. The summed E-state index contributed by atoms with van der Waals surface area (Å²) in [5.41, 5.74) is 1.28. The van der Waals surface area contributed by atoms with Gasteiger partial charge in [0.15, 0.2) is 5.65 Å². The minimum absolute atomic E-state index is 0.0166. The third-order valence-corrected chi connectivity index (χ3v) is 4.16. The summed E-state index contributed by atoms with van der Waals surface area (Å²) in [5.74, 6) is -0.402. The Morgan fingerprint density at radius 2 is 1.52 bits per heavy atom. The fourth-order valence-corrected chi connectivity index (χ4v) is 2.88. The van der Waals surface area contributed by atoms with Gasteiger partial charge in [-0.2, -0.15) is 13.2 Å². The van der Waals surface area contributed by atoms with Crippen molar-refractivity contribution in [2.75, 3.05) is 0 Å². The molecule has 4 aromatic rings. The van der Waals surface area contributed by atoms with Gasteiger partial charge in [0.25, 0.3) is 0 Å². The van der Waals surface area contributed by atoms with Crippen molar-refractivity contribution >= 4 is 11.0 Å². The van der Waals surface area contributed by atoms with Crippen molar-refractivity contribution in [2.24, 2.45) is 0 Å². The van der Waals surface area contributed by atoms with E-state index in [-0.39, 0.29) is 5.65 Å². The number of nitrogens with zero attached hydrogens (tertiary/aromatic N) is 3. The fourth-order valence-electron chi connectivity index (χ4n) is 2.88. The molecule has 0 atom stereocenters. The van der Waals surface area contributed by atoms with Crippen LogP contribution in [0.5, 0.6) is 0 Å². The molecule has 0 fully saturated rings. The van der Waals surface area contributed by atoms with Crippen LogP contribution in [0, 0.1) is 5.82 Å². The van der Waals surface area contributed by atoms with Gasteiger partial charge in [-0.25, -0.2) is 14.4 Å². The first-order valence-corrected chi connectivity index (χ1v) is 7.97. The van der Waals surface area contributed by atoms with Crippen LogP contribution in [-0.4, -0.2) is 15.0 Å². The number of hydrogen-bond acceptors (Lipinski definition) is 3. The molecule has 0 amide bonds. The van der Waals surface area contributed by atoms with Crippen molar-refractivity contribution in [3.8, 4) is 22.3 Å². The molecule has 0 bridgehead atoms. The maximum atomic E-state index is 14.3. The van der Waals surface area contributed by atoms with Crippen LogP contribution < -0.4 is 0 Å². The summed E-state index contributed by atoms with van der Waals surface area (Å²) < 4.78 is 53.0. The number of rotatable bonds is 2. The largest absolute Gasteiger partial charge is 0.433 e. The summed E-state index contributed by atoms with van der Waals surface area (Å²) in [6, 6.07) is 11.8. The molecule has 0 saturated heterocycles. The van der Waals surface area contributed by atoms with Crippen LogP contribution in [0.3, 0.4) is 0 Å². The minimum atomic E-state index is -4.55. The van der Waals surface area contributed by atoms with E-state index in [1.807, 2.05) is 0 Å². The Hall–Kier alpha value is -3.35. The van der Waals surface area contributed by atoms with E-state index in [1.54, 1.807) is 42.7 Å². The van der Waals surface area contributed by atoms with Crippen molar-refractivity contribution in [2.45, 2.75) is 6.18 Å². The first-order valence-electron chi connectivity index (χ1n) is 7.97. The number of alkyl halides is 3. The topological polar surface area (TPSA) is 38.7 Å². The Kier molecular flexibility index (Phi) is 4.07. The van der Waals surface area contributed by atoms with E-state index < -0.39 is 17.7 Å². The van der Waals surface area contributed by atoms with E-state index >= 15 is 0 Å². The van der Waals surface area contributed by atoms with Gasteiger partial charge in [0.2, 0.25) is 0 Å². The normalized spacial score (nSPS) is 11.7. The van der Waals surface area contributed by atoms with Crippen LogP contribution in [0.1, 0.15) is 5.69 Å². The molecular weight excluding hydrogens is 358 g/mol. The van der Waals surface area contributed by atoms with Gasteiger partial charge in [0, 0.05) is 29.5 Å². The quantitative estimate of drug-likeness (QED) is 0.437. The van der Waals surface area contributed by atoms with E-state index in [1.165, 1.54) is 18.3 Å². The second kappa shape index (κ2) is 6.42. The first-order chi connectivity index (χ1) is 12.9. The predicted molar refractivity (Wildman–Crippen MR) is 93.2 cm³/mol. The summed E-state index contributed by atoms with van der Waals surface area (Å²) in [5, 5.41) is 0.456. The molecule has 0 aliphatic heterocycles. The van der Waals surface area contributed by atoms with Crippen molar-refractivity contribution in [3.05, 3.63) is 78.6 Å². The minimum Gasteiger partial charge on any atom is -0.265 e. The van der Waals surface area contributed by atoms with E-state index in [2.05, 4.69) is 15.0 Å². The summed E-state index contributed by atoms with van der Waals surface area (Å²) >= 11 is 0. The van der Waals surface area contributed by atoms with Gasteiger partial charge in [-0.15, -0.1) is 0 Å². The molecule has 0 N–H and O–H groups in total. The third kappa shape index (κ3) is 3.23. The Balaban J connectivity index is 1.88. The standard InChI is InChI=1S/C20H11F4N3/c21-17-3-1-13(11-16(17)12-5-8-25-9-6-12)14-7-10-26-19-15(14)2-4-18(27-19)20(22,23)24/h1-11H. The Labute approximate surface area is 151 Å². The zero-order valence-electron chi connectivity index (χ0n) is 13.7. The van der Waals surface area contributed by atoms with Gasteiger partial charge >= 0.3 is 6.18 Å². The molecule has 0 unspecified atom stereocenters. The SMILES string of the molecule is Fc1ccc(-c2ccnc3nc(C(F)(F)F)ccc23)cc1-c1ccncc1. The van der Waals surface area contributed by atoms with Crippen LogP contribution in [-0.2, 0) is 6.18 Å². The summed E-state index contributed by atoms with van der Waals surface area (Å²) in [6.45, 7) is 0. The van der Waals surface area contributed by atoms with Crippen molar-refractivity contribution in [1.82, 2.24) is 15.0 Å². The smallest absolute Gasteiger partial charge is 0.265 e. The zero-order valence-corrected chi connectivity index (χ0v) is 13.7. The zero-order chi connectivity index (χ0) is 19.0. The highest BCUT2D eigenvalue weighted by molar-refractivity contribution is 5.93. The molecular formula is C20H11F4N3. The molecule has 0 radical (unpaired) electrons. The summed E-state index contributed by atoms with van der Waals surface area (Å²) in [6.07, 6.45) is -0.0334. The molecule has 1 aromatic carbocycles. The van der Waals surface area contributed by atoms with Crippen molar-refractivity contribution in [3.63, 3.8) is 0 Å². The number of pyridine rings is 3. The highest BCUT2D eigenvalue weighted by atomic mass is 19.4. The van der Waals surface area contributed by atoms with E-state index in [0.717, 1.165) is 6.07 Å². The number of fused-ring (bicyclic) bond motifs is 1. The van der Waals surface area contributed by atoms with E-state index in [9.17, 15) is 17.6 Å². The lowest BCUT2D eigenvalue weighted by Crippen LogP contribution is -2.08. The van der Waals surface area contributed by atoms with Gasteiger partial charge < -0.3 is 0 Å². The maximum Gasteiger partial charge on any atom is 0.433 e. The van der Waals surface area contributed by atoms with Crippen LogP contribution in [0.4, 0.5) is 17.6 Å². The molecule has 0 saturated carbocycles. The summed E-state index contributed by atoms with van der Waals surface area (Å²) in [4.78, 5) is 11.5. The molecule has 7 heteroatoms. The Morgan fingerprint density at radius 1 is 0.741 bits per heavy atom. The van der Waals surface area contributed by atoms with Gasteiger partial charge in [-0.05, 0) is 59.2 Å². The molecule has 134 valence electrons. The molecule has 27 heavy (non-hydrogen) atoms. The molecule has 4 rings (SSSR count). The lowest BCUT2D eigenvalue weighted by atomic mass is 9.97. The molecule has 0 spiro atoms. The molecule has 3 nitrogen and oxygen atoms in total. The van der Waals surface area contributed by atoms with Crippen LogP contribution in [0.25, 0.3) is 33.3 Å². The number of halogens is 4. The van der Waals surface area contributed by atoms with Crippen molar-refractivity contribution < 1.29 is 17.6 Å². The van der Waals surface area contributed by atoms with Gasteiger partial charge in [0.1, 0.15) is 11.5 Å². The Bertz CT molecular complexity index is 1130. The van der Waals surface area contributed by atoms with Crippen LogP contribution in [0.15, 0.2) is 67.1 Å². The van der Waals surface area contributed by atoms with Crippen molar-refractivity contribution in [1.29, 1.82) is 0 Å².